The Morgan fingerprint density at radius 1 is 0.641 bits per heavy atom. The van der Waals surface area contributed by atoms with Crippen LogP contribution in [0, 0.1) is 13.8 Å². The summed E-state index contributed by atoms with van der Waals surface area (Å²) in [5.74, 6) is 0.558. The van der Waals surface area contributed by atoms with Gasteiger partial charge in [0.15, 0.2) is 0 Å². The van der Waals surface area contributed by atoms with Crippen LogP contribution in [0.3, 0.4) is 0 Å². The quantitative estimate of drug-likeness (QED) is 0.260. The number of benzene rings is 3. The molecule has 0 saturated carbocycles. The second-order valence-corrected chi connectivity index (χ2v) is 15.6. The van der Waals surface area contributed by atoms with Gasteiger partial charge < -0.3 is 9.47 Å². The third kappa shape index (κ3) is 7.29. The van der Waals surface area contributed by atoms with Crippen molar-refractivity contribution in [2.75, 3.05) is 0 Å². The van der Waals surface area contributed by atoms with Crippen LogP contribution in [0.2, 0.25) is 0 Å². The Balaban J connectivity index is 2.50. The molecule has 0 aliphatic carbocycles. The van der Waals surface area contributed by atoms with Gasteiger partial charge in [-0.3, -0.25) is 0 Å². The van der Waals surface area contributed by atoms with E-state index >= 15 is 0 Å². The van der Waals surface area contributed by atoms with Gasteiger partial charge in [-0.05, 0) is 102 Å². The summed E-state index contributed by atoms with van der Waals surface area (Å²) in [6, 6.07) is 17.9. The fraction of sp³-hybridized carbons (Fsp3) is 0.379. The van der Waals surface area contributed by atoms with Crippen LogP contribution in [0.4, 0.5) is 13.2 Å². The normalized spacial score (nSPS) is 13.7. The van der Waals surface area contributed by atoms with Gasteiger partial charge in [0, 0.05) is 15.9 Å². The zero-order chi connectivity index (χ0) is 29.4. The Morgan fingerprint density at radius 2 is 1.08 bits per heavy atom. The van der Waals surface area contributed by atoms with Crippen molar-refractivity contribution in [3.63, 3.8) is 0 Å². The number of ether oxygens (including phenoxy) is 2. The lowest BCUT2D eigenvalue weighted by Crippen LogP contribution is -2.28. The number of aryl methyl sites for hydroxylation is 2. The lowest BCUT2D eigenvalue weighted by Gasteiger charge is -2.41. The minimum atomic E-state index is -6.07. The van der Waals surface area contributed by atoms with E-state index in [2.05, 4.69) is 0 Å². The molecule has 0 aromatic heterocycles. The maximum Gasteiger partial charge on any atom is 0.524 e. The second kappa shape index (κ2) is 10.7. The zero-order valence-electron chi connectivity index (χ0n) is 23.3. The van der Waals surface area contributed by atoms with Gasteiger partial charge in [0.2, 0.25) is 0 Å². The van der Waals surface area contributed by atoms with Crippen LogP contribution in [-0.4, -0.2) is 25.1 Å². The van der Waals surface area contributed by atoms with Crippen LogP contribution < -0.4 is 9.47 Å². The van der Waals surface area contributed by atoms with E-state index in [4.69, 9.17) is 13.1 Å². The third-order valence-corrected chi connectivity index (χ3v) is 10.2. The van der Waals surface area contributed by atoms with Crippen molar-refractivity contribution in [2.24, 2.45) is 0 Å². The molecular formula is C29H35F3O5S2. The number of hydrogen-bond acceptors (Lipinski definition) is 5. The van der Waals surface area contributed by atoms with E-state index < -0.39 is 37.1 Å². The molecule has 0 aliphatic rings. The largest absolute Gasteiger partial charge is 0.524 e. The van der Waals surface area contributed by atoms with Gasteiger partial charge in [-0.2, -0.15) is 25.2 Å². The minimum absolute atomic E-state index is 0.151. The predicted molar refractivity (Wildman–Crippen MR) is 148 cm³/mol. The molecule has 0 atom stereocenters. The summed E-state index contributed by atoms with van der Waals surface area (Å²) in [7, 11) is -9.63. The molecule has 0 heterocycles. The van der Waals surface area contributed by atoms with Crippen molar-refractivity contribution < 1.29 is 34.7 Å². The smallest absolute Gasteiger partial charge is 0.488 e. The predicted octanol–water partition coefficient (Wildman–Crippen LogP) is 8.72. The molecule has 5 nitrogen and oxygen atoms in total. The Morgan fingerprint density at radius 3 is 1.46 bits per heavy atom. The molecule has 0 aliphatic heterocycles. The number of hydrogen-bond donors (Lipinski definition) is 0. The Kier molecular flexibility index (Phi) is 8.47. The van der Waals surface area contributed by atoms with Gasteiger partial charge in [0.25, 0.3) is 0 Å². The van der Waals surface area contributed by atoms with Crippen LogP contribution in [-0.2, 0) is 13.7 Å². The maximum atomic E-state index is 13.9. The fourth-order valence-electron chi connectivity index (χ4n) is 3.69. The van der Waals surface area contributed by atoms with E-state index in [-0.39, 0.29) is 20.4 Å². The molecule has 0 unspecified atom stereocenters. The van der Waals surface area contributed by atoms with Gasteiger partial charge in [-0.15, -0.1) is 0 Å². The molecular weight excluding hydrogens is 549 g/mol. The average molecular weight is 585 g/mol. The molecule has 0 radical (unpaired) electrons. The number of alkyl halides is 3. The average Bonchev–Trinajstić information content (AvgIpc) is 2.76. The van der Waals surface area contributed by atoms with Gasteiger partial charge in [-0.1, -0.05) is 35.4 Å². The SMILES string of the molecule is Cc1ccc(S(OS(=O)(=O)C(F)(F)F)(c2ccc(C)cc2)c2ccc(OC(C)(C)C)cc2OC(C)(C)C)cc1. The lowest BCUT2D eigenvalue weighted by atomic mass is 10.2. The molecule has 0 spiro atoms. The first kappa shape index (κ1) is 30.8. The molecule has 0 fully saturated rings. The molecule has 0 saturated heterocycles. The third-order valence-electron chi connectivity index (χ3n) is 5.25. The topological polar surface area (TPSA) is 61.8 Å². The van der Waals surface area contributed by atoms with Gasteiger partial charge in [0.1, 0.15) is 22.7 Å². The van der Waals surface area contributed by atoms with E-state index in [0.717, 1.165) is 11.1 Å². The highest BCUT2D eigenvalue weighted by atomic mass is 32.3. The van der Waals surface area contributed by atoms with Crippen molar-refractivity contribution in [3.8, 4) is 11.5 Å². The molecule has 3 aromatic rings. The molecule has 0 bridgehead atoms. The molecule has 0 N–H and O–H groups in total. The fourth-order valence-corrected chi connectivity index (χ4v) is 8.46. The molecule has 39 heavy (non-hydrogen) atoms. The number of halogens is 3. The first-order valence-electron chi connectivity index (χ1n) is 12.2. The van der Waals surface area contributed by atoms with Crippen LogP contribution in [0.1, 0.15) is 52.7 Å². The summed E-state index contributed by atoms with van der Waals surface area (Å²) >= 11 is 0. The number of rotatable bonds is 7. The van der Waals surface area contributed by atoms with Crippen LogP contribution in [0.15, 0.2) is 81.4 Å². The molecule has 3 aromatic carbocycles. The van der Waals surface area contributed by atoms with Gasteiger partial charge in [-0.25, -0.2) is 0 Å². The summed E-state index contributed by atoms with van der Waals surface area (Å²) < 4.78 is 85.0. The lowest BCUT2D eigenvalue weighted by molar-refractivity contribution is -0.0496. The van der Waals surface area contributed by atoms with Crippen molar-refractivity contribution in [3.05, 3.63) is 77.9 Å². The minimum Gasteiger partial charge on any atom is -0.488 e. The van der Waals surface area contributed by atoms with E-state index in [0.29, 0.717) is 5.75 Å². The van der Waals surface area contributed by atoms with Crippen molar-refractivity contribution in [1.29, 1.82) is 0 Å². The summed E-state index contributed by atoms with van der Waals surface area (Å²) in [6.07, 6.45) is 0. The first-order chi connectivity index (χ1) is 17.7. The zero-order valence-corrected chi connectivity index (χ0v) is 25.0. The Labute approximate surface area is 230 Å². The Hall–Kier alpha value is -2.69. The van der Waals surface area contributed by atoms with Crippen molar-refractivity contribution >= 4 is 20.4 Å². The van der Waals surface area contributed by atoms with Gasteiger partial charge in [0.05, 0.1) is 4.90 Å². The summed E-state index contributed by atoms with van der Waals surface area (Å²) in [5.41, 5.74) is -5.33. The van der Waals surface area contributed by atoms with Crippen LogP contribution in [0.25, 0.3) is 0 Å². The highest BCUT2D eigenvalue weighted by Gasteiger charge is 2.53. The highest BCUT2D eigenvalue weighted by Crippen LogP contribution is 2.73. The maximum absolute atomic E-state index is 13.9. The van der Waals surface area contributed by atoms with Gasteiger partial charge >= 0.3 is 15.6 Å². The van der Waals surface area contributed by atoms with Crippen LogP contribution >= 0.6 is 10.3 Å². The summed E-state index contributed by atoms with van der Waals surface area (Å²) in [6.45, 7) is 14.6. The standard InChI is InChI=1S/C29H35F3O5S2/c1-20-9-14-23(15-10-20)38(24-16-11-21(2)12-17-24,37-39(33,34)29(30,31)32)26-18-13-22(35-27(3,4)5)19-25(26)36-28(6,7)8/h9-19H,1-8H3. The first-order valence-corrected chi connectivity index (χ1v) is 15.2. The molecule has 0 amide bonds. The van der Waals surface area contributed by atoms with E-state index in [1.807, 2.05) is 34.6 Å². The highest BCUT2D eigenvalue weighted by molar-refractivity contribution is 8.33. The van der Waals surface area contributed by atoms with E-state index in [1.54, 1.807) is 81.4 Å². The molecule has 214 valence electrons. The van der Waals surface area contributed by atoms with E-state index in [9.17, 15) is 21.6 Å². The summed E-state index contributed by atoms with van der Waals surface area (Å²) in [5, 5.41) is 0. The van der Waals surface area contributed by atoms with Crippen LogP contribution in [0.5, 0.6) is 11.5 Å². The Bertz CT molecular complexity index is 1360. The van der Waals surface area contributed by atoms with Crippen molar-refractivity contribution in [2.45, 2.75) is 86.8 Å². The molecule has 10 heteroatoms. The monoisotopic (exact) mass is 584 g/mol. The molecule has 3 rings (SSSR count). The second-order valence-electron chi connectivity index (χ2n) is 11.2. The van der Waals surface area contributed by atoms with Crippen molar-refractivity contribution in [1.82, 2.24) is 0 Å². The summed E-state index contributed by atoms with van der Waals surface area (Å²) in [4.78, 5) is 0.667. The van der Waals surface area contributed by atoms with E-state index in [1.165, 1.54) is 6.07 Å².